The third-order valence-corrected chi connectivity index (χ3v) is 2.97. The number of anilines is 1. The smallest absolute Gasteiger partial charge is 0.357 e. The number of hydrogen-bond acceptors (Lipinski definition) is 5. The number of hydrogen-bond donors (Lipinski definition) is 1. The zero-order valence-electron chi connectivity index (χ0n) is 11.7. The fourth-order valence-corrected chi connectivity index (χ4v) is 2.05. The molecule has 2 rings (SSSR count). The second kappa shape index (κ2) is 6.95. The minimum Gasteiger partial charge on any atom is -0.467 e. The normalized spacial score (nSPS) is 10.8. The van der Waals surface area contributed by atoms with Crippen LogP contribution in [0.15, 0.2) is 35.0 Å². The summed E-state index contributed by atoms with van der Waals surface area (Å²) in [6.07, 6.45) is 5.19. The molecule has 0 radical (unpaired) electrons. The van der Waals surface area contributed by atoms with Crippen molar-refractivity contribution in [1.29, 1.82) is 0 Å². The highest BCUT2D eigenvalue weighted by atomic mass is 35.5. The molecule has 0 unspecified atom stereocenters. The van der Waals surface area contributed by atoms with Gasteiger partial charge >= 0.3 is 5.97 Å². The number of carbonyl (C=O) groups excluding carboxylic acids is 1. The number of nitrogens with zero attached hydrogens (tertiary/aromatic N) is 1. The van der Waals surface area contributed by atoms with E-state index < -0.39 is 5.97 Å². The molecule has 0 spiro atoms. The third kappa shape index (κ3) is 3.64. The van der Waals surface area contributed by atoms with Crippen molar-refractivity contribution in [3.63, 3.8) is 0 Å². The van der Waals surface area contributed by atoms with Crippen molar-refractivity contribution in [2.45, 2.75) is 13.5 Å². The van der Waals surface area contributed by atoms with Gasteiger partial charge in [0.25, 0.3) is 0 Å². The molecule has 21 heavy (non-hydrogen) atoms. The topological polar surface area (TPSA) is 64.4 Å². The molecule has 1 N–H and O–H groups in total. The summed E-state index contributed by atoms with van der Waals surface area (Å²) < 4.78 is 10.0. The minimum atomic E-state index is -0.536. The highest BCUT2D eigenvalue weighted by molar-refractivity contribution is 6.30. The highest BCUT2D eigenvalue weighted by Crippen LogP contribution is 2.25. The monoisotopic (exact) mass is 306 g/mol. The van der Waals surface area contributed by atoms with Crippen LogP contribution in [-0.2, 0) is 11.3 Å². The van der Waals surface area contributed by atoms with Crippen molar-refractivity contribution >= 4 is 29.3 Å². The molecule has 0 aromatic carbocycles. The number of nitrogens with one attached hydrogen (secondary N) is 1. The number of esters is 1. The number of furan rings is 1. The van der Waals surface area contributed by atoms with Crippen LogP contribution in [0.2, 0.25) is 5.15 Å². The van der Waals surface area contributed by atoms with Crippen molar-refractivity contribution in [1.82, 2.24) is 4.98 Å². The van der Waals surface area contributed by atoms with Gasteiger partial charge in [-0.2, -0.15) is 0 Å². The Bertz CT molecular complexity index is 651. The summed E-state index contributed by atoms with van der Waals surface area (Å²) in [5.41, 5.74) is 1.48. The molecule has 0 aliphatic carbocycles. The number of aromatic nitrogens is 1. The molecule has 0 saturated carbocycles. The van der Waals surface area contributed by atoms with Gasteiger partial charge in [0.1, 0.15) is 10.9 Å². The summed E-state index contributed by atoms with van der Waals surface area (Å²) in [5.74, 6) is 0.237. The molecule has 2 aromatic rings. The van der Waals surface area contributed by atoms with Gasteiger partial charge in [-0.3, -0.25) is 0 Å². The van der Waals surface area contributed by atoms with Gasteiger partial charge in [0, 0.05) is 11.3 Å². The maximum absolute atomic E-state index is 11.8. The van der Waals surface area contributed by atoms with Gasteiger partial charge in [0.2, 0.25) is 0 Å². The second-order valence-electron chi connectivity index (χ2n) is 4.18. The lowest BCUT2D eigenvalue weighted by atomic mass is 10.1. The first-order valence-electron chi connectivity index (χ1n) is 6.33. The quantitative estimate of drug-likeness (QED) is 0.673. The molecule has 0 saturated heterocycles. The molecule has 2 heterocycles. The van der Waals surface area contributed by atoms with Crippen LogP contribution in [0.5, 0.6) is 0 Å². The van der Waals surface area contributed by atoms with Crippen molar-refractivity contribution in [3.05, 3.63) is 52.7 Å². The molecule has 0 atom stereocenters. The summed E-state index contributed by atoms with van der Waals surface area (Å²) in [6.45, 7) is 2.32. The Hall–Kier alpha value is -2.27. The van der Waals surface area contributed by atoms with Crippen molar-refractivity contribution in [3.8, 4) is 0 Å². The predicted octanol–water partition coefficient (Wildman–Crippen LogP) is 3.76. The number of halogens is 1. The fraction of sp³-hybridized carbons (Fsp3) is 0.200. The Balaban J connectivity index is 2.38. The van der Waals surface area contributed by atoms with E-state index in [2.05, 4.69) is 10.3 Å². The van der Waals surface area contributed by atoms with Gasteiger partial charge in [0.15, 0.2) is 5.69 Å². The Morgan fingerprint density at radius 2 is 2.38 bits per heavy atom. The lowest BCUT2D eigenvalue weighted by Gasteiger charge is -2.12. The highest BCUT2D eigenvalue weighted by Gasteiger charge is 2.17. The maximum Gasteiger partial charge on any atom is 0.357 e. The van der Waals surface area contributed by atoms with E-state index in [4.69, 9.17) is 20.8 Å². The molecule has 0 aliphatic rings. The van der Waals surface area contributed by atoms with E-state index in [0.717, 1.165) is 5.76 Å². The number of carbonyl (C=O) groups is 1. The van der Waals surface area contributed by atoms with Crippen LogP contribution in [0, 0.1) is 0 Å². The van der Waals surface area contributed by atoms with Crippen LogP contribution < -0.4 is 5.32 Å². The van der Waals surface area contributed by atoms with E-state index in [0.29, 0.717) is 17.8 Å². The summed E-state index contributed by atoms with van der Waals surface area (Å²) in [4.78, 5) is 15.9. The van der Waals surface area contributed by atoms with Gasteiger partial charge in [0.05, 0.1) is 19.9 Å². The molecule has 6 heteroatoms. The third-order valence-electron chi connectivity index (χ3n) is 2.77. The Labute approximate surface area is 127 Å². The Morgan fingerprint density at radius 1 is 1.57 bits per heavy atom. The molecule has 2 aromatic heterocycles. The number of allylic oxidation sites excluding steroid dienone is 1. The SMILES string of the molecule is C/C=C/c1c(NCc2ccco2)cc(Cl)nc1C(=O)OC. The largest absolute Gasteiger partial charge is 0.467 e. The van der Waals surface area contributed by atoms with Crippen LogP contribution >= 0.6 is 11.6 Å². The molecular weight excluding hydrogens is 292 g/mol. The standard InChI is InChI=1S/C15H15ClN2O3/c1-3-5-11-12(17-9-10-6-4-7-21-10)8-13(16)18-14(11)15(19)20-2/h3-8H,9H2,1-2H3,(H,17,18)/b5-3+. The lowest BCUT2D eigenvalue weighted by molar-refractivity contribution is 0.0594. The van der Waals surface area contributed by atoms with Crippen LogP contribution in [0.4, 0.5) is 5.69 Å². The Morgan fingerprint density at radius 3 is 3.00 bits per heavy atom. The van der Waals surface area contributed by atoms with E-state index in [1.807, 2.05) is 25.1 Å². The molecular formula is C15H15ClN2O3. The molecule has 0 bridgehead atoms. The Kier molecular flexibility index (Phi) is 5.00. The zero-order chi connectivity index (χ0) is 15.2. The molecule has 0 fully saturated rings. The van der Waals surface area contributed by atoms with Crippen molar-refractivity contribution in [2.24, 2.45) is 0 Å². The van der Waals surface area contributed by atoms with Gasteiger partial charge < -0.3 is 14.5 Å². The van der Waals surface area contributed by atoms with E-state index in [1.54, 1.807) is 18.4 Å². The van der Waals surface area contributed by atoms with E-state index in [1.165, 1.54) is 7.11 Å². The van der Waals surface area contributed by atoms with E-state index in [9.17, 15) is 4.79 Å². The number of rotatable bonds is 5. The summed E-state index contributed by atoms with van der Waals surface area (Å²) in [7, 11) is 1.31. The van der Waals surface area contributed by atoms with Crippen LogP contribution in [0.1, 0.15) is 28.7 Å². The van der Waals surface area contributed by atoms with Gasteiger partial charge in [-0.25, -0.2) is 9.78 Å². The average Bonchev–Trinajstić information content (AvgIpc) is 2.99. The average molecular weight is 307 g/mol. The summed E-state index contributed by atoms with van der Waals surface area (Å²) in [6, 6.07) is 5.32. The minimum absolute atomic E-state index is 0.171. The first-order chi connectivity index (χ1) is 10.2. The van der Waals surface area contributed by atoms with Gasteiger partial charge in [-0.15, -0.1) is 0 Å². The lowest BCUT2D eigenvalue weighted by Crippen LogP contribution is -2.10. The van der Waals surface area contributed by atoms with Crippen LogP contribution in [-0.4, -0.2) is 18.1 Å². The van der Waals surface area contributed by atoms with Crippen LogP contribution in [0.25, 0.3) is 6.08 Å². The maximum atomic E-state index is 11.8. The molecule has 5 nitrogen and oxygen atoms in total. The zero-order valence-corrected chi connectivity index (χ0v) is 12.5. The van der Waals surface area contributed by atoms with Crippen molar-refractivity contribution < 1.29 is 13.9 Å². The first-order valence-corrected chi connectivity index (χ1v) is 6.71. The summed E-state index contributed by atoms with van der Waals surface area (Å²) in [5, 5.41) is 3.40. The number of ether oxygens (including phenoxy) is 1. The van der Waals surface area contributed by atoms with Crippen LogP contribution in [0.3, 0.4) is 0 Å². The number of pyridine rings is 1. The molecule has 0 amide bonds. The molecule has 110 valence electrons. The number of methoxy groups -OCH3 is 1. The van der Waals surface area contributed by atoms with E-state index in [-0.39, 0.29) is 10.8 Å². The van der Waals surface area contributed by atoms with Gasteiger partial charge in [-0.1, -0.05) is 23.8 Å². The first kappa shape index (κ1) is 15.1. The van der Waals surface area contributed by atoms with E-state index >= 15 is 0 Å². The second-order valence-corrected chi connectivity index (χ2v) is 4.57. The summed E-state index contributed by atoms with van der Waals surface area (Å²) >= 11 is 5.98. The van der Waals surface area contributed by atoms with Crippen molar-refractivity contribution in [2.75, 3.05) is 12.4 Å². The predicted molar refractivity (Wildman–Crippen MR) is 81.3 cm³/mol. The fourth-order valence-electron chi connectivity index (χ4n) is 1.85. The molecule has 0 aliphatic heterocycles. The van der Waals surface area contributed by atoms with Gasteiger partial charge in [-0.05, 0) is 25.1 Å².